The van der Waals surface area contributed by atoms with Gasteiger partial charge in [-0.25, -0.2) is 8.78 Å². The fourth-order valence-electron chi connectivity index (χ4n) is 0.981. The summed E-state index contributed by atoms with van der Waals surface area (Å²) < 4.78 is 24.8. The Morgan fingerprint density at radius 1 is 1.36 bits per heavy atom. The first kappa shape index (κ1) is 8.35. The highest BCUT2D eigenvalue weighted by Gasteiger charge is 2.47. The maximum atomic E-state index is 12.4. The van der Waals surface area contributed by atoms with Crippen LogP contribution >= 0.6 is 0 Å². The number of alkyl halides is 2. The Morgan fingerprint density at radius 2 is 1.91 bits per heavy atom. The lowest BCUT2D eigenvalue weighted by molar-refractivity contribution is -0.147. The Kier molecular flexibility index (Phi) is 2.05. The average Bonchev–Trinajstić information content (AvgIpc) is 2.07. The predicted octanol–water partition coefficient (Wildman–Crippen LogP) is -0.758. The fraction of sp³-hybridized carbons (Fsp3) is 0.800. The molecule has 1 aliphatic rings. The van der Waals surface area contributed by atoms with E-state index in [1.807, 2.05) is 0 Å². The standard InChI is InChI=1S/C5H7F2NO3/c6-3-1(5(10)11)2(9)4(7)8-3/h1-4,8-9H,(H,10,11). The lowest BCUT2D eigenvalue weighted by Gasteiger charge is -2.08. The number of rotatable bonds is 1. The van der Waals surface area contributed by atoms with Gasteiger partial charge < -0.3 is 10.2 Å². The topological polar surface area (TPSA) is 69.6 Å². The lowest BCUT2D eigenvalue weighted by atomic mass is 10.1. The third-order valence-electron chi connectivity index (χ3n) is 1.59. The van der Waals surface area contributed by atoms with Crippen molar-refractivity contribution in [2.75, 3.05) is 0 Å². The molecule has 0 aromatic carbocycles. The maximum absolute atomic E-state index is 12.4. The van der Waals surface area contributed by atoms with Crippen LogP contribution in [0.15, 0.2) is 0 Å². The van der Waals surface area contributed by atoms with Crippen molar-refractivity contribution in [3.05, 3.63) is 0 Å². The Hall–Kier alpha value is -0.750. The van der Waals surface area contributed by atoms with Crippen LogP contribution in [0, 0.1) is 5.92 Å². The molecule has 0 aliphatic carbocycles. The zero-order valence-electron chi connectivity index (χ0n) is 5.37. The molecule has 1 fully saturated rings. The number of aliphatic hydroxyl groups is 1. The van der Waals surface area contributed by atoms with E-state index in [9.17, 15) is 13.6 Å². The summed E-state index contributed by atoms with van der Waals surface area (Å²) in [7, 11) is 0. The van der Waals surface area contributed by atoms with E-state index in [0.717, 1.165) is 0 Å². The molecule has 0 spiro atoms. The molecule has 11 heavy (non-hydrogen) atoms. The van der Waals surface area contributed by atoms with Crippen molar-refractivity contribution in [1.29, 1.82) is 0 Å². The number of carbonyl (C=O) groups is 1. The SMILES string of the molecule is O=C(O)C1C(F)NC(F)C1O. The Balaban J connectivity index is 2.71. The van der Waals surface area contributed by atoms with Crippen LogP contribution in [0.4, 0.5) is 8.78 Å². The van der Waals surface area contributed by atoms with Crippen LogP contribution in [-0.2, 0) is 4.79 Å². The normalized spacial score (nSPS) is 44.3. The van der Waals surface area contributed by atoms with Crippen molar-refractivity contribution < 1.29 is 23.8 Å². The van der Waals surface area contributed by atoms with Crippen molar-refractivity contribution >= 4 is 5.97 Å². The summed E-state index contributed by atoms with van der Waals surface area (Å²) in [5.41, 5.74) is 0. The minimum atomic E-state index is -2.02. The van der Waals surface area contributed by atoms with Crippen LogP contribution in [0.5, 0.6) is 0 Å². The van der Waals surface area contributed by atoms with E-state index in [0.29, 0.717) is 0 Å². The monoisotopic (exact) mass is 167 g/mol. The van der Waals surface area contributed by atoms with Gasteiger partial charge >= 0.3 is 5.97 Å². The summed E-state index contributed by atoms with van der Waals surface area (Å²) in [6.45, 7) is 0. The average molecular weight is 167 g/mol. The summed E-state index contributed by atoms with van der Waals surface area (Å²) >= 11 is 0. The Bertz CT molecular complexity index is 177. The van der Waals surface area contributed by atoms with Crippen LogP contribution in [0.3, 0.4) is 0 Å². The van der Waals surface area contributed by atoms with Gasteiger partial charge in [0, 0.05) is 0 Å². The molecule has 4 nitrogen and oxygen atoms in total. The van der Waals surface area contributed by atoms with E-state index >= 15 is 0 Å². The molecular formula is C5H7F2NO3. The van der Waals surface area contributed by atoms with Crippen LogP contribution in [0.25, 0.3) is 0 Å². The highest BCUT2D eigenvalue weighted by atomic mass is 19.2. The summed E-state index contributed by atoms with van der Waals surface area (Å²) in [6.07, 6.45) is -5.81. The minimum absolute atomic E-state index is 1.54. The third kappa shape index (κ3) is 1.31. The number of aliphatic hydroxyl groups excluding tert-OH is 1. The van der Waals surface area contributed by atoms with Crippen LogP contribution < -0.4 is 5.32 Å². The molecule has 1 heterocycles. The van der Waals surface area contributed by atoms with Gasteiger partial charge in [-0.15, -0.1) is 0 Å². The van der Waals surface area contributed by atoms with E-state index in [1.165, 1.54) is 0 Å². The number of hydrogen-bond donors (Lipinski definition) is 3. The van der Waals surface area contributed by atoms with Crippen molar-refractivity contribution in [2.24, 2.45) is 5.92 Å². The third-order valence-corrected chi connectivity index (χ3v) is 1.59. The molecule has 0 saturated carbocycles. The highest BCUT2D eigenvalue weighted by molar-refractivity contribution is 5.72. The number of halogens is 2. The van der Waals surface area contributed by atoms with Crippen LogP contribution in [0.2, 0.25) is 0 Å². The number of nitrogens with one attached hydrogen (secondary N) is 1. The quantitative estimate of drug-likeness (QED) is 0.449. The van der Waals surface area contributed by atoms with Gasteiger partial charge in [-0.3, -0.25) is 10.1 Å². The minimum Gasteiger partial charge on any atom is -0.481 e. The molecule has 1 aliphatic heterocycles. The summed E-state index contributed by atoms with van der Waals surface area (Å²) in [6, 6.07) is 0. The van der Waals surface area contributed by atoms with Crippen molar-refractivity contribution in [1.82, 2.24) is 5.32 Å². The van der Waals surface area contributed by atoms with Crippen LogP contribution in [0.1, 0.15) is 0 Å². The molecule has 1 saturated heterocycles. The van der Waals surface area contributed by atoms with Crippen LogP contribution in [-0.4, -0.2) is 34.9 Å². The summed E-state index contributed by atoms with van der Waals surface area (Å²) in [4.78, 5) is 10.2. The molecule has 0 aromatic heterocycles. The van der Waals surface area contributed by atoms with Gasteiger partial charge in [0.1, 0.15) is 12.0 Å². The molecule has 0 bridgehead atoms. The second-order valence-corrected chi connectivity index (χ2v) is 2.32. The molecule has 0 aromatic rings. The summed E-state index contributed by atoms with van der Waals surface area (Å²) in [5.74, 6) is -3.25. The fourth-order valence-corrected chi connectivity index (χ4v) is 0.981. The second-order valence-electron chi connectivity index (χ2n) is 2.32. The first-order chi connectivity index (χ1) is 5.04. The van der Waals surface area contributed by atoms with E-state index < -0.39 is 30.6 Å². The zero-order valence-corrected chi connectivity index (χ0v) is 5.37. The first-order valence-electron chi connectivity index (χ1n) is 2.99. The first-order valence-corrected chi connectivity index (χ1v) is 2.99. The molecular weight excluding hydrogens is 160 g/mol. The van der Waals surface area contributed by atoms with Crippen molar-refractivity contribution in [3.63, 3.8) is 0 Å². The molecule has 0 amide bonds. The highest BCUT2D eigenvalue weighted by Crippen LogP contribution is 2.22. The van der Waals surface area contributed by atoms with Gasteiger partial charge in [0.05, 0.1) is 0 Å². The molecule has 3 N–H and O–H groups in total. The number of hydrogen-bond acceptors (Lipinski definition) is 3. The molecule has 4 atom stereocenters. The number of carboxylic acid groups (broad SMARTS) is 1. The second kappa shape index (κ2) is 2.71. The van der Waals surface area contributed by atoms with E-state index in [4.69, 9.17) is 10.2 Å². The van der Waals surface area contributed by atoms with Gasteiger partial charge in [-0.1, -0.05) is 0 Å². The Morgan fingerprint density at radius 3 is 2.09 bits per heavy atom. The smallest absolute Gasteiger partial charge is 0.313 e. The maximum Gasteiger partial charge on any atom is 0.313 e. The predicted molar refractivity (Wildman–Crippen MR) is 30.1 cm³/mol. The van der Waals surface area contributed by atoms with Crippen molar-refractivity contribution in [3.8, 4) is 0 Å². The number of aliphatic carboxylic acids is 1. The zero-order chi connectivity index (χ0) is 8.59. The van der Waals surface area contributed by atoms with Gasteiger partial charge in [0.2, 0.25) is 0 Å². The van der Waals surface area contributed by atoms with E-state index in [2.05, 4.69) is 0 Å². The largest absolute Gasteiger partial charge is 0.481 e. The van der Waals surface area contributed by atoms with Gasteiger partial charge in [-0.2, -0.15) is 0 Å². The van der Waals surface area contributed by atoms with Crippen molar-refractivity contribution in [2.45, 2.75) is 18.7 Å². The van der Waals surface area contributed by atoms with E-state index in [-0.39, 0.29) is 0 Å². The Labute approximate surface area is 60.8 Å². The summed E-state index contributed by atoms with van der Waals surface area (Å²) in [5, 5.41) is 18.6. The molecule has 6 heteroatoms. The lowest BCUT2D eigenvalue weighted by Crippen LogP contribution is -2.31. The van der Waals surface area contributed by atoms with E-state index in [1.54, 1.807) is 5.32 Å². The van der Waals surface area contributed by atoms with Gasteiger partial charge in [0.25, 0.3) is 0 Å². The van der Waals surface area contributed by atoms with Gasteiger partial charge in [0.15, 0.2) is 12.6 Å². The molecule has 4 unspecified atom stereocenters. The molecule has 1 rings (SSSR count). The molecule has 64 valence electrons. The molecule has 0 radical (unpaired) electrons. The number of carboxylic acids is 1. The van der Waals surface area contributed by atoms with Gasteiger partial charge in [-0.05, 0) is 0 Å².